The lowest BCUT2D eigenvalue weighted by Crippen LogP contribution is -2.23. The minimum Gasteiger partial charge on any atom is -0.324 e. The number of carbonyl (C=O) groups is 1. The molecule has 4 nitrogen and oxygen atoms in total. The van der Waals surface area contributed by atoms with Crippen LogP contribution in [0.4, 0.5) is 10.1 Å². The molecule has 1 atom stereocenters. The SMILES string of the molecule is CCn1c(S[C@@H](C)C(=O)Nc2ccc(F)cc2Cl)nc2ccccc21. The lowest BCUT2D eigenvalue weighted by atomic mass is 10.3. The number of nitrogens with zero attached hydrogens (tertiary/aromatic N) is 2. The van der Waals surface area contributed by atoms with Gasteiger partial charge >= 0.3 is 0 Å². The quantitative estimate of drug-likeness (QED) is 0.638. The van der Waals surface area contributed by atoms with Crippen LogP contribution in [0.5, 0.6) is 0 Å². The van der Waals surface area contributed by atoms with Gasteiger partial charge in [-0.1, -0.05) is 35.5 Å². The molecule has 1 aromatic heterocycles. The fourth-order valence-electron chi connectivity index (χ4n) is 2.49. The van der Waals surface area contributed by atoms with E-state index in [-0.39, 0.29) is 16.2 Å². The van der Waals surface area contributed by atoms with Gasteiger partial charge in [-0.2, -0.15) is 0 Å². The number of anilines is 1. The highest BCUT2D eigenvalue weighted by molar-refractivity contribution is 8.00. The second-order valence-corrected chi connectivity index (χ2v) is 7.22. The average Bonchev–Trinajstić information content (AvgIpc) is 2.94. The highest BCUT2D eigenvalue weighted by atomic mass is 35.5. The highest BCUT2D eigenvalue weighted by Crippen LogP contribution is 2.29. The molecular formula is C18H17ClFN3OS. The van der Waals surface area contributed by atoms with Crippen LogP contribution >= 0.6 is 23.4 Å². The van der Waals surface area contributed by atoms with E-state index < -0.39 is 5.82 Å². The smallest absolute Gasteiger partial charge is 0.237 e. The van der Waals surface area contributed by atoms with Crippen LogP contribution in [0.2, 0.25) is 5.02 Å². The van der Waals surface area contributed by atoms with E-state index in [0.717, 1.165) is 22.7 Å². The standard InChI is InChI=1S/C18H17ClFN3OS/c1-3-23-16-7-5-4-6-15(16)22-18(23)25-11(2)17(24)21-14-9-8-12(20)10-13(14)19/h4-11H,3H2,1-2H3,(H,21,24)/t11-/m0/s1. The molecule has 25 heavy (non-hydrogen) atoms. The molecule has 0 unspecified atom stereocenters. The van der Waals surface area contributed by atoms with Crippen LogP contribution < -0.4 is 5.32 Å². The van der Waals surface area contributed by atoms with E-state index in [1.54, 1.807) is 6.92 Å². The summed E-state index contributed by atoms with van der Waals surface area (Å²) in [6.45, 7) is 4.61. The molecule has 7 heteroatoms. The molecule has 0 saturated heterocycles. The number of benzene rings is 2. The van der Waals surface area contributed by atoms with Crippen LogP contribution in [0.15, 0.2) is 47.6 Å². The van der Waals surface area contributed by atoms with Crippen LogP contribution in [-0.2, 0) is 11.3 Å². The van der Waals surface area contributed by atoms with Gasteiger partial charge in [0.1, 0.15) is 5.82 Å². The van der Waals surface area contributed by atoms with Gasteiger partial charge in [-0.05, 0) is 44.2 Å². The Morgan fingerprint density at radius 1 is 1.36 bits per heavy atom. The molecule has 2 aromatic carbocycles. The van der Waals surface area contributed by atoms with Gasteiger partial charge in [0.2, 0.25) is 5.91 Å². The largest absolute Gasteiger partial charge is 0.324 e. The van der Waals surface area contributed by atoms with Crippen molar-refractivity contribution >= 4 is 46.0 Å². The number of imidazole rings is 1. The van der Waals surface area contributed by atoms with Crippen LogP contribution in [0.3, 0.4) is 0 Å². The summed E-state index contributed by atoms with van der Waals surface area (Å²) in [5.41, 5.74) is 2.34. The summed E-state index contributed by atoms with van der Waals surface area (Å²) in [4.78, 5) is 17.1. The summed E-state index contributed by atoms with van der Waals surface area (Å²) < 4.78 is 15.2. The average molecular weight is 378 g/mol. The zero-order valence-corrected chi connectivity index (χ0v) is 15.4. The maximum atomic E-state index is 13.1. The van der Waals surface area contributed by atoms with Crippen molar-refractivity contribution in [2.24, 2.45) is 0 Å². The van der Waals surface area contributed by atoms with Crippen LogP contribution in [-0.4, -0.2) is 20.7 Å². The van der Waals surface area contributed by atoms with Gasteiger partial charge in [-0.3, -0.25) is 4.79 Å². The molecule has 3 aromatic rings. The van der Waals surface area contributed by atoms with Crippen molar-refractivity contribution in [3.63, 3.8) is 0 Å². The number of nitrogens with one attached hydrogen (secondary N) is 1. The van der Waals surface area contributed by atoms with E-state index in [0.29, 0.717) is 5.69 Å². The Balaban J connectivity index is 1.77. The number of aromatic nitrogens is 2. The number of carbonyl (C=O) groups excluding carboxylic acids is 1. The Labute approximate surface area is 154 Å². The first kappa shape index (κ1) is 17.8. The number of halogens is 2. The Hall–Kier alpha value is -2.05. The third-order valence-electron chi connectivity index (χ3n) is 3.78. The van der Waals surface area contributed by atoms with Crippen molar-refractivity contribution in [3.05, 3.63) is 53.3 Å². The van der Waals surface area contributed by atoms with Crippen molar-refractivity contribution in [2.75, 3.05) is 5.32 Å². The molecule has 1 heterocycles. The van der Waals surface area contributed by atoms with Crippen LogP contribution in [0.1, 0.15) is 13.8 Å². The molecule has 1 N–H and O–H groups in total. The molecule has 0 saturated carbocycles. The molecule has 0 radical (unpaired) electrons. The summed E-state index contributed by atoms with van der Waals surface area (Å²) in [6, 6.07) is 11.8. The maximum Gasteiger partial charge on any atom is 0.237 e. The number of rotatable bonds is 5. The molecule has 3 rings (SSSR count). The first-order valence-corrected chi connectivity index (χ1v) is 9.13. The summed E-state index contributed by atoms with van der Waals surface area (Å²) >= 11 is 7.34. The fraction of sp³-hybridized carbons (Fsp3) is 0.222. The molecule has 1 amide bonds. The van der Waals surface area contributed by atoms with E-state index in [2.05, 4.69) is 14.9 Å². The molecule has 0 aliphatic carbocycles. The zero-order valence-electron chi connectivity index (χ0n) is 13.8. The Bertz CT molecular complexity index is 928. The lowest BCUT2D eigenvalue weighted by Gasteiger charge is -2.13. The van der Waals surface area contributed by atoms with E-state index in [9.17, 15) is 9.18 Å². The van der Waals surface area contributed by atoms with Gasteiger partial charge in [0.15, 0.2) is 5.16 Å². The summed E-state index contributed by atoms with van der Waals surface area (Å²) in [6.07, 6.45) is 0. The van der Waals surface area contributed by atoms with Crippen LogP contribution in [0.25, 0.3) is 11.0 Å². The summed E-state index contributed by atoms with van der Waals surface area (Å²) in [5.74, 6) is -0.657. The second-order valence-electron chi connectivity index (χ2n) is 5.50. The Kier molecular flexibility index (Phi) is 5.30. The van der Waals surface area contributed by atoms with Gasteiger partial charge in [-0.25, -0.2) is 9.37 Å². The monoisotopic (exact) mass is 377 g/mol. The summed E-state index contributed by atoms with van der Waals surface area (Å²) in [5, 5.41) is 3.31. The lowest BCUT2D eigenvalue weighted by molar-refractivity contribution is -0.115. The zero-order chi connectivity index (χ0) is 18.0. The highest BCUT2D eigenvalue weighted by Gasteiger charge is 2.20. The number of amides is 1. The Morgan fingerprint density at radius 2 is 2.12 bits per heavy atom. The third kappa shape index (κ3) is 3.80. The number of hydrogen-bond acceptors (Lipinski definition) is 3. The van der Waals surface area contributed by atoms with Gasteiger partial charge < -0.3 is 9.88 Å². The van der Waals surface area contributed by atoms with Crippen LogP contribution in [0, 0.1) is 5.82 Å². The second kappa shape index (κ2) is 7.45. The number of thioether (sulfide) groups is 1. The van der Waals surface area contributed by atoms with Gasteiger partial charge in [0.25, 0.3) is 0 Å². The fourth-order valence-corrected chi connectivity index (χ4v) is 3.69. The van der Waals surface area contributed by atoms with Crippen molar-refractivity contribution < 1.29 is 9.18 Å². The first-order chi connectivity index (χ1) is 12.0. The van der Waals surface area contributed by atoms with Crippen molar-refractivity contribution in [2.45, 2.75) is 30.8 Å². The van der Waals surface area contributed by atoms with Gasteiger partial charge in [0.05, 0.1) is 27.0 Å². The minimum absolute atomic E-state index is 0.173. The topological polar surface area (TPSA) is 46.9 Å². The number of fused-ring (bicyclic) bond motifs is 1. The molecule has 130 valence electrons. The van der Waals surface area contributed by atoms with Crippen molar-refractivity contribution in [1.29, 1.82) is 0 Å². The Morgan fingerprint density at radius 3 is 2.84 bits per heavy atom. The first-order valence-electron chi connectivity index (χ1n) is 7.87. The normalized spacial score (nSPS) is 12.3. The van der Waals surface area contributed by atoms with Crippen molar-refractivity contribution in [3.8, 4) is 0 Å². The minimum atomic E-state index is -0.443. The number of para-hydroxylation sites is 2. The molecule has 0 spiro atoms. The molecule has 0 fully saturated rings. The van der Waals surface area contributed by atoms with Gasteiger partial charge in [-0.15, -0.1) is 0 Å². The van der Waals surface area contributed by atoms with Gasteiger partial charge in [0, 0.05) is 6.54 Å². The third-order valence-corrected chi connectivity index (χ3v) is 5.18. The molecule has 0 bridgehead atoms. The maximum absolute atomic E-state index is 13.1. The predicted octanol–water partition coefficient (Wildman–Crippen LogP) is 4.97. The molecule has 0 aliphatic heterocycles. The van der Waals surface area contributed by atoms with E-state index in [4.69, 9.17) is 11.6 Å². The predicted molar refractivity (Wildman–Crippen MR) is 101 cm³/mol. The van der Waals surface area contributed by atoms with E-state index in [1.165, 1.54) is 30.0 Å². The number of aryl methyl sites for hydroxylation is 1. The van der Waals surface area contributed by atoms with Crippen molar-refractivity contribution in [1.82, 2.24) is 9.55 Å². The number of hydrogen-bond donors (Lipinski definition) is 1. The van der Waals surface area contributed by atoms with E-state index in [1.807, 2.05) is 31.2 Å². The van der Waals surface area contributed by atoms with E-state index >= 15 is 0 Å². The molecular weight excluding hydrogens is 361 g/mol. The molecule has 0 aliphatic rings. The summed E-state index contributed by atoms with van der Waals surface area (Å²) in [7, 11) is 0.